The molecule has 2 saturated carbocycles. The van der Waals surface area contributed by atoms with E-state index in [9.17, 15) is 15.0 Å². The van der Waals surface area contributed by atoms with Crippen molar-refractivity contribution in [3.63, 3.8) is 0 Å². The number of aromatic hydroxyl groups is 1. The first-order chi connectivity index (χ1) is 16.1. The number of amides is 1. The Bertz CT molecular complexity index is 1210. The fourth-order valence-electron chi connectivity index (χ4n) is 5.05. The molecule has 0 aliphatic heterocycles. The van der Waals surface area contributed by atoms with Gasteiger partial charge in [-0.25, -0.2) is 4.52 Å². The molecule has 180 valence electrons. The maximum Gasteiger partial charge on any atom is 0.255 e. The lowest BCUT2D eigenvalue weighted by Gasteiger charge is -2.57. The average molecular weight is 466 g/mol. The second-order valence-electron chi connectivity index (χ2n) is 10.5. The minimum absolute atomic E-state index is 0.123. The predicted octanol–water partition coefficient (Wildman–Crippen LogP) is 3.62. The summed E-state index contributed by atoms with van der Waals surface area (Å²) >= 11 is 0. The van der Waals surface area contributed by atoms with Crippen LogP contribution in [0.1, 0.15) is 55.5 Å². The number of nitrogens with zero attached hydrogens (tertiary/aromatic N) is 2. The molecule has 1 spiro atoms. The Morgan fingerprint density at radius 1 is 1.24 bits per heavy atom. The summed E-state index contributed by atoms with van der Waals surface area (Å²) in [6.45, 7) is 5.50. The molecule has 1 aromatic carbocycles. The van der Waals surface area contributed by atoms with Crippen molar-refractivity contribution in [2.24, 2.45) is 5.41 Å². The number of aryl methyl sites for hydroxylation is 1. The highest BCUT2D eigenvalue weighted by Crippen LogP contribution is 2.57. The minimum Gasteiger partial charge on any atom is -0.508 e. The van der Waals surface area contributed by atoms with Crippen LogP contribution in [0.15, 0.2) is 42.7 Å². The van der Waals surface area contributed by atoms with Crippen LogP contribution in [-0.2, 0) is 0 Å². The molecule has 0 radical (unpaired) electrons. The molecule has 5 rings (SSSR count). The zero-order valence-electron chi connectivity index (χ0n) is 19.7. The zero-order chi connectivity index (χ0) is 24.1. The van der Waals surface area contributed by atoms with E-state index < -0.39 is 5.60 Å². The number of rotatable bonds is 7. The van der Waals surface area contributed by atoms with Crippen molar-refractivity contribution in [2.75, 3.05) is 6.61 Å². The van der Waals surface area contributed by atoms with Gasteiger partial charge in [0.05, 0.1) is 35.2 Å². The fraction of sp³-hybridized carbons (Fsp3) is 0.462. The van der Waals surface area contributed by atoms with E-state index in [1.807, 2.05) is 13.0 Å². The van der Waals surface area contributed by atoms with Gasteiger partial charge in [-0.05, 0) is 75.6 Å². The molecule has 3 aromatic rings. The molecule has 2 fully saturated rings. The van der Waals surface area contributed by atoms with E-state index in [4.69, 9.17) is 9.47 Å². The molecular weight excluding hydrogens is 434 g/mol. The van der Waals surface area contributed by atoms with Crippen molar-refractivity contribution in [1.29, 1.82) is 0 Å². The molecule has 0 unspecified atom stereocenters. The molecule has 0 saturated heterocycles. The zero-order valence-corrected chi connectivity index (χ0v) is 19.7. The number of carbonyl (C=O) groups is 1. The number of carbonyl (C=O) groups excluding carboxylic acids is 1. The van der Waals surface area contributed by atoms with E-state index in [1.165, 1.54) is 0 Å². The van der Waals surface area contributed by atoms with Gasteiger partial charge >= 0.3 is 0 Å². The van der Waals surface area contributed by atoms with Gasteiger partial charge in [-0.3, -0.25) is 4.79 Å². The van der Waals surface area contributed by atoms with E-state index in [1.54, 1.807) is 55.0 Å². The van der Waals surface area contributed by atoms with Crippen LogP contribution in [-0.4, -0.2) is 50.1 Å². The number of nitrogens with one attached hydrogen (secondary N) is 1. The van der Waals surface area contributed by atoms with Gasteiger partial charge in [0.1, 0.15) is 23.9 Å². The Morgan fingerprint density at radius 2 is 2.00 bits per heavy atom. The fourth-order valence-corrected chi connectivity index (χ4v) is 5.05. The first-order valence-corrected chi connectivity index (χ1v) is 11.7. The predicted molar refractivity (Wildman–Crippen MR) is 126 cm³/mol. The monoisotopic (exact) mass is 465 g/mol. The first kappa shape index (κ1) is 22.5. The van der Waals surface area contributed by atoms with Crippen LogP contribution in [0.2, 0.25) is 0 Å². The highest BCUT2D eigenvalue weighted by atomic mass is 16.5. The number of phenolic OH excluding ortho intramolecular Hbond substituents is 1. The summed E-state index contributed by atoms with van der Waals surface area (Å²) in [5.41, 5.74) is 1.58. The second kappa shape index (κ2) is 8.20. The number of aromatic nitrogens is 2. The first-order valence-electron chi connectivity index (χ1n) is 11.7. The maximum absolute atomic E-state index is 12.9. The number of pyridine rings is 1. The third kappa shape index (κ3) is 4.55. The molecule has 2 aromatic heterocycles. The molecule has 0 atom stereocenters. The molecule has 2 heterocycles. The van der Waals surface area contributed by atoms with E-state index in [0.29, 0.717) is 16.8 Å². The van der Waals surface area contributed by atoms with Crippen molar-refractivity contribution in [3.05, 3.63) is 53.9 Å². The molecule has 2 aliphatic rings. The standard InChI is InChI=1S/C26H31N3O5/c1-16-4-5-18(30)8-23(16)34-20-11-26(12-20)9-17(10-26)28-24(31)21-13-27-29-14-19(6-7-22(21)29)33-15-25(2,3)32/h4-8,13-14,17,20,30,32H,9-12,15H2,1-3H3,(H,28,31). The van der Waals surface area contributed by atoms with E-state index >= 15 is 0 Å². The van der Waals surface area contributed by atoms with Gasteiger partial charge in [-0.2, -0.15) is 5.10 Å². The average Bonchev–Trinajstić information content (AvgIpc) is 3.14. The quantitative estimate of drug-likeness (QED) is 0.492. The topological polar surface area (TPSA) is 105 Å². The normalized spacial score (nSPS) is 23.9. The van der Waals surface area contributed by atoms with Gasteiger partial charge in [-0.15, -0.1) is 0 Å². The molecular formula is C26H31N3O5. The molecule has 2 aliphatic carbocycles. The Morgan fingerprint density at radius 3 is 2.74 bits per heavy atom. The van der Waals surface area contributed by atoms with E-state index in [2.05, 4.69) is 10.4 Å². The lowest BCUT2D eigenvalue weighted by molar-refractivity contribution is -0.0835. The number of hydrogen-bond acceptors (Lipinski definition) is 6. The van der Waals surface area contributed by atoms with E-state index in [-0.39, 0.29) is 35.8 Å². The molecule has 34 heavy (non-hydrogen) atoms. The van der Waals surface area contributed by atoms with Gasteiger partial charge in [0, 0.05) is 12.1 Å². The second-order valence-corrected chi connectivity index (χ2v) is 10.5. The van der Waals surface area contributed by atoms with Crippen molar-refractivity contribution < 1.29 is 24.5 Å². The third-order valence-corrected chi connectivity index (χ3v) is 6.81. The summed E-state index contributed by atoms with van der Waals surface area (Å²) in [7, 11) is 0. The van der Waals surface area contributed by atoms with Crippen molar-refractivity contribution in [2.45, 2.75) is 64.2 Å². The minimum atomic E-state index is -0.930. The Hall–Kier alpha value is -3.26. The van der Waals surface area contributed by atoms with Crippen molar-refractivity contribution in [3.8, 4) is 17.2 Å². The van der Waals surface area contributed by atoms with Crippen molar-refractivity contribution in [1.82, 2.24) is 14.9 Å². The van der Waals surface area contributed by atoms with Gasteiger partial charge < -0.3 is 25.0 Å². The summed E-state index contributed by atoms with van der Waals surface area (Å²) in [5.74, 6) is 1.41. The maximum atomic E-state index is 12.9. The Kier molecular flexibility index (Phi) is 5.43. The van der Waals surface area contributed by atoms with Gasteiger partial charge in [-0.1, -0.05) is 6.07 Å². The van der Waals surface area contributed by atoms with E-state index in [0.717, 1.165) is 37.0 Å². The van der Waals surface area contributed by atoms with Crippen LogP contribution in [0.4, 0.5) is 0 Å². The summed E-state index contributed by atoms with van der Waals surface area (Å²) in [4.78, 5) is 12.9. The van der Waals surface area contributed by atoms with Crippen LogP contribution in [0, 0.1) is 12.3 Å². The summed E-state index contributed by atoms with van der Waals surface area (Å²) < 4.78 is 13.3. The summed E-state index contributed by atoms with van der Waals surface area (Å²) in [6.07, 6.45) is 7.28. The number of phenols is 1. The number of benzene rings is 1. The lowest BCUT2D eigenvalue weighted by atomic mass is 9.53. The highest BCUT2D eigenvalue weighted by Gasteiger charge is 2.54. The summed E-state index contributed by atoms with van der Waals surface area (Å²) in [5, 5.41) is 27.0. The van der Waals surface area contributed by atoms with Crippen LogP contribution >= 0.6 is 0 Å². The Balaban J connectivity index is 1.13. The molecule has 1 amide bonds. The number of aliphatic hydroxyl groups is 1. The number of ether oxygens (including phenoxy) is 2. The Labute approximate surface area is 198 Å². The lowest BCUT2D eigenvalue weighted by Crippen LogP contribution is -2.58. The van der Waals surface area contributed by atoms with Crippen LogP contribution in [0.5, 0.6) is 17.2 Å². The number of fused-ring (bicyclic) bond motifs is 1. The van der Waals surface area contributed by atoms with Gasteiger partial charge in [0.15, 0.2) is 0 Å². The van der Waals surface area contributed by atoms with Crippen LogP contribution in [0.25, 0.3) is 5.52 Å². The van der Waals surface area contributed by atoms with Crippen molar-refractivity contribution >= 4 is 11.4 Å². The third-order valence-electron chi connectivity index (χ3n) is 6.81. The van der Waals surface area contributed by atoms with Crippen LogP contribution < -0.4 is 14.8 Å². The molecule has 0 bridgehead atoms. The summed E-state index contributed by atoms with van der Waals surface area (Å²) in [6, 6.07) is 8.93. The van der Waals surface area contributed by atoms with Gasteiger partial charge in [0.25, 0.3) is 5.91 Å². The smallest absolute Gasteiger partial charge is 0.255 e. The largest absolute Gasteiger partial charge is 0.508 e. The molecule has 8 nitrogen and oxygen atoms in total. The SMILES string of the molecule is Cc1ccc(O)cc1OC1CC2(CC(NC(=O)c3cnn4cc(OCC(C)(C)O)ccc34)C2)C1. The highest BCUT2D eigenvalue weighted by molar-refractivity contribution is 6.00. The molecule has 3 N–H and O–H groups in total. The number of hydrogen-bond donors (Lipinski definition) is 3. The molecule has 8 heteroatoms. The van der Waals surface area contributed by atoms with Gasteiger partial charge in [0.2, 0.25) is 0 Å². The van der Waals surface area contributed by atoms with Crippen LogP contribution in [0.3, 0.4) is 0 Å².